The number of carbonyl (C=O) groups excluding carboxylic acids is 1. The lowest BCUT2D eigenvalue weighted by atomic mass is 10.1. The molecule has 0 saturated heterocycles. The summed E-state index contributed by atoms with van der Waals surface area (Å²) < 4.78 is 11.1. The van der Waals surface area contributed by atoms with E-state index in [4.69, 9.17) is 9.47 Å². The SMILES string of the molecule is CC[C@H](Oc1cccc(C)c1C)C(=O)NCCCc1ccc(OC)cc1. The molecular formula is C22H29NO3. The quantitative estimate of drug-likeness (QED) is 0.685. The molecule has 0 bridgehead atoms. The number of hydrogen-bond donors (Lipinski definition) is 1. The molecule has 1 amide bonds. The zero-order valence-corrected chi connectivity index (χ0v) is 16.2. The van der Waals surface area contributed by atoms with E-state index >= 15 is 0 Å². The highest BCUT2D eigenvalue weighted by Gasteiger charge is 2.18. The van der Waals surface area contributed by atoms with Gasteiger partial charge in [0, 0.05) is 6.54 Å². The highest BCUT2D eigenvalue weighted by atomic mass is 16.5. The van der Waals surface area contributed by atoms with Crippen LogP contribution < -0.4 is 14.8 Å². The first-order valence-electron chi connectivity index (χ1n) is 9.18. The summed E-state index contributed by atoms with van der Waals surface area (Å²) in [6, 6.07) is 13.9. The number of benzene rings is 2. The van der Waals surface area contributed by atoms with Crippen molar-refractivity contribution >= 4 is 5.91 Å². The van der Waals surface area contributed by atoms with E-state index in [1.807, 2.05) is 51.1 Å². The Morgan fingerprint density at radius 3 is 2.50 bits per heavy atom. The Bertz CT molecular complexity index is 710. The second kappa shape index (κ2) is 9.85. The van der Waals surface area contributed by atoms with Crippen LogP contribution in [0.2, 0.25) is 0 Å². The fourth-order valence-electron chi connectivity index (χ4n) is 2.74. The molecule has 4 heteroatoms. The van der Waals surface area contributed by atoms with Crippen LogP contribution in [0, 0.1) is 13.8 Å². The predicted octanol–water partition coefficient (Wildman–Crippen LogP) is 4.22. The Hall–Kier alpha value is -2.49. The Balaban J connectivity index is 1.80. The van der Waals surface area contributed by atoms with Crippen molar-refractivity contribution in [3.8, 4) is 11.5 Å². The largest absolute Gasteiger partial charge is 0.497 e. The first-order valence-corrected chi connectivity index (χ1v) is 9.18. The molecule has 0 aliphatic rings. The topological polar surface area (TPSA) is 47.6 Å². The molecule has 0 spiro atoms. The number of rotatable bonds is 9. The van der Waals surface area contributed by atoms with Gasteiger partial charge in [-0.15, -0.1) is 0 Å². The van der Waals surface area contributed by atoms with Crippen molar-refractivity contribution in [3.63, 3.8) is 0 Å². The van der Waals surface area contributed by atoms with Gasteiger partial charge in [0.1, 0.15) is 11.5 Å². The van der Waals surface area contributed by atoms with Crippen molar-refractivity contribution in [2.24, 2.45) is 0 Å². The third-order valence-corrected chi connectivity index (χ3v) is 4.59. The molecule has 2 aromatic carbocycles. The van der Waals surface area contributed by atoms with Gasteiger partial charge < -0.3 is 14.8 Å². The molecule has 4 nitrogen and oxygen atoms in total. The minimum absolute atomic E-state index is 0.0527. The molecule has 0 aromatic heterocycles. The highest BCUT2D eigenvalue weighted by molar-refractivity contribution is 5.81. The zero-order valence-electron chi connectivity index (χ0n) is 16.2. The average Bonchev–Trinajstić information content (AvgIpc) is 2.66. The van der Waals surface area contributed by atoms with Gasteiger partial charge in [0.15, 0.2) is 6.10 Å². The van der Waals surface area contributed by atoms with Crippen LogP contribution in [0.1, 0.15) is 36.5 Å². The Kier molecular flexibility index (Phi) is 7.52. The van der Waals surface area contributed by atoms with Crippen LogP contribution in [-0.4, -0.2) is 25.7 Å². The molecule has 0 radical (unpaired) electrons. The summed E-state index contributed by atoms with van der Waals surface area (Å²) in [7, 11) is 1.66. The van der Waals surface area contributed by atoms with E-state index in [0.717, 1.165) is 35.5 Å². The maximum Gasteiger partial charge on any atom is 0.261 e. The highest BCUT2D eigenvalue weighted by Crippen LogP contribution is 2.22. The minimum atomic E-state index is -0.462. The molecule has 2 rings (SSSR count). The number of ether oxygens (including phenoxy) is 2. The molecule has 0 aliphatic heterocycles. The Morgan fingerprint density at radius 1 is 1.12 bits per heavy atom. The number of nitrogens with one attached hydrogen (secondary N) is 1. The molecule has 0 aliphatic carbocycles. The lowest BCUT2D eigenvalue weighted by molar-refractivity contribution is -0.128. The molecule has 0 unspecified atom stereocenters. The van der Waals surface area contributed by atoms with Crippen molar-refractivity contribution in [1.82, 2.24) is 5.32 Å². The van der Waals surface area contributed by atoms with Crippen molar-refractivity contribution in [2.75, 3.05) is 13.7 Å². The first kappa shape index (κ1) is 19.8. The second-order valence-electron chi connectivity index (χ2n) is 6.46. The smallest absolute Gasteiger partial charge is 0.261 e. The van der Waals surface area contributed by atoms with Gasteiger partial charge in [-0.2, -0.15) is 0 Å². The van der Waals surface area contributed by atoms with E-state index in [1.54, 1.807) is 7.11 Å². The molecular weight excluding hydrogens is 326 g/mol. The lowest BCUT2D eigenvalue weighted by Gasteiger charge is -2.19. The van der Waals surface area contributed by atoms with Crippen LogP contribution in [0.15, 0.2) is 42.5 Å². The van der Waals surface area contributed by atoms with Gasteiger partial charge in [0.2, 0.25) is 0 Å². The van der Waals surface area contributed by atoms with E-state index in [1.165, 1.54) is 5.56 Å². The summed E-state index contributed by atoms with van der Waals surface area (Å²) in [5.74, 6) is 1.59. The van der Waals surface area contributed by atoms with Gasteiger partial charge in [0.25, 0.3) is 5.91 Å². The molecule has 2 aromatic rings. The van der Waals surface area contributed by atoms with Crippen molar-refractivity contribution in [3.05, 3.63) is 59.2 Å². The fourth-order valence-corrected chi connectivity index (χ4v) is 2.74. The van der Waals surface area contributed by atoms with Gasteiger partial charge in [-0.1, -0.05) is 31.2 Å². The molecule has 1 atom stereocenters. The fraction of sp³-hybridized carbons (Fsp3) is 0.409. The average molecular weight is 355 g/mol. The maximum absolute atomic E-state index is 12.4. The molecule has 0 fully saturated rings. The number of hydrogen-bond acceptors (Lipinski definition) is 3. The maximum atomic E-state index is 12.4. The minimum Gasteiger partial charge on any atom is -0.497 e. The van der Waals surface area contributed by atoms with Crippen LogP contribution in [0.4, 0.5) is 0 Å². The summed E-state index contributed by atoms with van der Waals surface area (Å²) in [6.07, 6.45) is 1.98. The van der Waals surface area contributed by atoms with Crippen molar-refractivity contribution in [2.45, 2.75) is 46.1 Å². The normalized spacial score (nSPS) is 11.7. The molecule has 26 heavy (non-hydrogen) atoms. The van der Waals surface area contributed by atoms with Gasteiger partial charge in [-0.3, -0.25) is 4.79 Å². The lowest BCUT2D eigenvalue weighted by Crippen LogP contribution is -2.38. The summed E-state index contributed by atoms with van der Waals surface area (Å²) >= 11 is 0. The van der Waals surface area contributed by atoms with Crippen LogP contribution in [0.3, 0.4) is 0 Å². The summed E-state index contributed by atoms with van der Waals surface area (Å²) in [5, 5.41) is 2.99. The third kappa shape index (κ3) is 5.51. The van der Waals surface area contributed by atoms with Crippen molar-refractivity contribution in [1.29, 1.82) is 0 Å². The van der Waals surface area contributed by atoms with Gasteiger partial charge >= 0.3 is 0 Å². The summed E-state index contributed by atoms with van der Waals surface area (Å²) in [4.78, 5) is 12.4. The van der Waals surface area contributed by atoms with Gasteiger partial charge in [-0.25, -0.2) is 0 Å². The summed E-state index contributed by atoms with van der Waals surface area (Å²) in [5.41, 5.74) is 3.48. The number of methoxy groups -OCH3 is 1. The monoisotopic (exact) mass is 355 g/mol. The van der Waals surface area contributed by atoms with E-state index < -0.39 is 6.10 Å². The van der Waals surface area contributed by atoms with E-state index in [0.29, 0.717) is 13.0 Å². The van der Waals surface area contributed by atoms with Gasteiger partial charge in [0.05, 0.1) is 7.11 Å². The zero-order chi connectivity index (χ0) is 18.9. The first-order chi connectivity index (χ1) is 12.5. The van der Waals surface area contributed by atoms with E-state index in [2.05, 4.69) is 17.4 Å². The van der Waals surface area contributed by atoms with Crippen LogP contribution in [0.25, 0.3) is 0 Å². The Morgan fingerprint density at radius 2 is 1.85 bits per heavy atom. The molecule has 0 saturated carbocycles. The van der Waals surface area contributed by atoms with Crippen LogP contribution >= 0.6 is 0 Å². The van der Waals surface area contributed by atoms with E-state index in [-0.39, 0.29) is 5.91 Å². The predicted molar refractivity (Wildman–Crippen MR) is 105 cm³/mol. The molecule has 1 N–H and O–H groups in total. The van der Waals surface area contributed by atoms with Crippen LogP contribution in [-0.2, 0) is 11.2 Å². The van der Waals surface area contributed by atoms with Gasteiger partial charge in [-0.05, 0) is 68.0 Å². The third-order valence-electron chi connectivity index (χ3n) is 4.59. The number of amides is 1. The Labute approximate surface area is 156 Å². The molecule has 140 valence electrons. The summed E-state index contributed by atoms with van der Waals surface area (Å²) in [6.45, 7) is 6.66. The van der Waals surface area contributed by atoms with Crippen molar-refractivity contribution < 1.29 is 14.3 Å². The second-order valence-corrected chi connectivity index (χ2v) is 6.46. The standard InChI is InChI=1S/C22H29NO3/c1-5-20(26-21-10-6-8-16(2)17(21)3)22(24)23-15-7-9-18-11-13-19(25-4)14-12-18/h6,8,10-14,20H,5,7,9,15H2,1-4H3,(H,23,24)/t20-/m0/s1. The number of aryl methyl sites for hydroxylation is 2. The molecule has 0 heterocycles. The number of carbonyl (C=O) groups is 1. The van der Waals surface area contributed by atoms with Crippen LogP contribution in [0.5, 0.6) is 11.5 Å². The van der Waals surface area contributed by atoms with E-state index in [9.17, 15) is 4.79 Å².